The van der Waals surface area contributed by atoms with Crippen molar-refractivity contribution in [1.82, 2.24) is 4.90 Å². The molecule has 1 aliphatic rings. The number of aryl methyl sites for hydroxylation is 1. The summed E-state index contributed by atoms with van der Waals surface area (Å²) in [6.07, 6.45) is 2.70. The maximum atomic E-state index is 12.5. The zero-order valence-electron chi connectivity index (χ0n) is 12.2. The topological polar surface area (TPSA) is 49.8 Å². The normalized spacial score (nSPS) is 23.1. The van der Waals surface area contributed by atoms with E-state index in [2.05, 4.69) is 0 Å². The molecule has 0 bridgehead atoms. The van der Waals surface area contributed by atoms with Crippen LogP contribution in [0.5, 0.6) is 0 Å². The van der Waals surface area contributed by atoms with Crippen LogP contribution in [0.3, 0.4) is 0 Å². The van der Waals surface area contributed by atoms with Gasteiger partial charge in [-0.15, -0.1) is 11.3 Å². The minimum atomic E-state index is -0.198. The van der Waals surface area contributed by atoms with Gasteiger partial charge in [-0.25, -0.2) is 0 Å². The van der Waals surface area contributed by atoms with E-state index in [1.165, 1.54) is 11.3 Å². The molecule has 1 aliphatic heterocycles. The molecule has 2 heterocycles. The lowest BCUT2D eigenvalue weighted by Crippen LogP contribution is -2.48. The third-order valence-corrected chi connectivity index (χ3v) is 5.06. The fraction of sp³-hybridized carbons (Fsp3) is 0.667. The van der Waals surface area contributed by atoms with Gasteiger partial charge in [0.05, 0.1) is 11.5 Å². The SMILES string of the molecule is COCCC1(CO)CCCN(C(=O)c2ccc(C)s2)C1. The molecule has 1 fully saturated rings. The Bertz CT molecular complexity index is 460. The summed E-state index contributed by atoms with van der Waals surface area (Å²) in [6, 6.07) is 3.87. The van der Waals surface area contributed by atoms with Crippen LogP contribution in [0.15, 0.2) is 12.1 Å². The van der Waals surface area contributed by atoms with Gasteiger partial charge >= 0.3 is 0 Å². The summed E-state index contributed by atoms with van der Waals surface area (Å²) < 4.78 is 5.14. The van der Waals surface area contributed by atoms with Gasteiger partial charge in [-0.3, -0.25) is 4.79 Å². The summed E-state index contributed by atoms with van der Waals surface area (Å²) in [5, 5.41) is 9.75. The average molecular weight is 297 g/mol. The van der Waals surface area contributed by atoms with Gasteiger partial charge in [-0.1, -0.05) is 0 Å². The van der Waals surface area contributed by atoms with Gasteiger partial charge in [0.1, 0.15) is 0 Å². The Balaban J connectivity index is 2.07. The summed E-state index contributed by atoms with van der Waals surface area (Å²) in [6.45, 7) is 4.16. The molecule has 1 aromatic heterocycles. The van der Waals surface area contributed by atoms with Crippen LogP contribution in [0.2, 0.25) is 0 Å². The number of aliphatic hydroxyl groups is 1. The van der Waals surface area contributed by atoms with Crippen LogP contribution in [0, 0.1) is 12.3 Å². The lowest BCUT2D eigenvalue weighted by molar-refractivity contribution is 0.00919. The molecule has 0 aromatic carbocycles. The summed E-state index contributed by atoms with van der Waals surface area (Å²) in [5.74, 6) is 0.0954. The lowest BCUT2D eigenvalue weighted by Gasteiger charge is -2.41. The van der Waals surface area contributed by atoms with Gasteiger partial charge in [0.2, 0.25) is 0 Å². The predicted molar refractivity (Wildman–Crippen MR) is 80.2 cm³/mol. The summed E-state index contributed by atoms with van der Waals surface area (Å²) in [7, 11) is 1.67. The highest BCUT2D eigenvalue weighted by atomic mass is 32.1. The van der Waals surface area contributed by atoms with Crippen LogP contribution in [-0.4, -0.2) is 49.3 Å². The molecule has 1 atom stereocenters. The smallest absolute Gasteiger partial charge is 0.263 e. The zero-order valence-corrected chi connectivity index (χ0v) is 13.0. The van der Waals surface area contributed by atoms with Crippen LogP contribution < -0.4 is 0 Å². The second-order valence-electron chi connectivity index (χ2n) is 5.64. The summed E-state index contributed by atoms with van der Waals surface area (Å²) in [4.78, 5) is 16.3. The standard InChI is InChI=1S/C15H23NO3S/c1-12-4-5-13(20-12)14(18)16-8-3-6-15(10-16,11-17)7-9-19-2/h4-5,17H,3,6-11H2,1-2H3. The Hall–Kier alpha value is -0.910. The number of carbonyl (C=O) groups is 1. The Kier molecular flexibility index (Phi) is 5.18. The number of thiophene rings is 1. The second kappa shape index (κ2) is 6.70. The molecule has 0 radical (unpaired) electrons. The molecule has 1 amide bonds. The Labute approximate surface area is 124 Å². The van der Waals surface area contributed by atoms with Crippen molar-refractivity contribution in [1.29, 1.82) is 0 Å². The van der Waals surface area contributed by atoms with E-state index < -0.39 is 0 Å². The van der Waals surface area contributed by atoms with Gasteiger partial charge in [0.25, 0.3) is 5.91 Å². The number of rotatable bonds is 5. The van der Waals surface area contributed by atoms with E-state index in [4.69, 9.17) is 4.74 Å². The predicted octanol–water partition coefficient (Wildman–Crippen LogP) is 2.31. The molecule has 0 saturated carbocycles. The van der Waals surface area contributed by atoms with Gasteiger partial charge in [-0.05, 0) is 38.3 Å². The first-order valence-corrected chi connectivity index (χ1v) is 7.87. The average Bonchev–Trinajstić information content (AvgIpc) is 2.91. The van der Waals surface area contributed by atoms with E-state index in [-0.39, 0.29) is 17.9 Å². The van der Waals surface area contributed by atoms with Crippen molar-refractivity contribution in [3.8, 4) is 0 Å². The minimum absolute atomic E-state index is 0.0954. The fourth-order valence-electron chi connectivity index (χ4n) is 2.82. The van der Waals surface area contributed by atoms with E-state index in [0.717, 1.165) is 35.6 Å². The molecule has 0 aliphatic carbocycles. The highest BCUT2D eigenvalue weighted by molar-refractivity contribution is 7.13. The molecule has 1 unspecified atom stereocenters. The summed E-state index contributed by atoms with van der Waals surface area (Å²) in [5.41, 5.74) is -0.198. The highest BCUT2D eigenvalue weighted by Crippen LogP contribution is 2.34. The first-order valence-electron chi connectivity index (χ1n) is 7.06. The molecular formula is C15H23NO3S. The van der Waals surface area contributed by atoms with E-state index in [1.54, 1.807) is 7.11 Å². The zero-order chi connectivity index (χ0) is 14.6. The Morgan fingerprint density at radius 3 is 2.95 bits per heavy atom. The minimum Gasteiger partial charge on any atom is -0.396 e. The lowest BCUT2D eigenvalue weighted by atomic mass is 9.78. The van der Waals surface area contributed by atoms with Crippen LogP contribution in [0.4, 0.5) is 0 Å². The number of carbonyl (C=O) groups excluding carboxylic acids is 1. The maximum Gasteiger partial charge on any atom is 0.263 e. The largest absolute Gasteiger partial charge is 0.396 e. The van der Waals surface area contributed by atoms with E-state index in [9.17, 15) is 9.90 Å². The first-order chi connectivity index (χ1) is 9.60. The van der Waals surface area contributed by atoms with Crippen LogP contribution >= 0.6 is 11.3 Å². The third kappa shape index (κ3) is 3.40. The Morgan fingerprint density at radius 2 is 2.35 bits per heavy atom. The molecule has 112 valence electrons. The van der Waals surface area contributed by atoms with Crippen molar-refractivity contribution < 1.29 is 14.6 Å². The second-order valence-corrected chi connectivity index (χ2v) is 6.93. The number of piperidine rings is 1. The summed E-state index contributed by atoms with van der Waals surface area (Å²) >= 11 is 1.54. The maximum absolute atomic E-state index is 12.5. The van der Waals surface area contributed by atoms with Gasteiger partial charge in [0.15, 0.2) is 0 Å². The fourth-order valence-corrected chi connectivity index (χ4v) is 3.65. The number of amides is 1. The molecule has 1 saturated heterocycles. The van der Waals surface area contributed by atoms with E-state index in [0.29, 0.717) is 13.2 Å². The van der Waals surface area contributed by atoms with Crippen molar-refractivity contribution in [2.45, 2.75) is 26.2 Å². The van der Waals surface area contributed by atoms with Crippen LogP contribution in [0.1, 0.15) is 33.8 Å². The number of ether oxygens (including phenoxy) is 1. The molecule has 20 heavy (non-hydrogen) atoms. The van der Waals surface area contributed by atoms with Gasteiger partial charge < -0.3 is 14.7 Å². The molecule has 1 aromatic rings. The number of likely N-dealkylation sites (tertiary alicyclic amines) is 1. The quantitative estimate of drug-likeness (QED) is 0.907. The third-order valence-electron chi connectivity index (χ3n) is 4.07. The highest BCUT2D eigenvalue weighted by Gasteiger charge is 2.36. The molecule has 5 heteroatoms. The number of hydrogen-bond acceptors (Lipinski definition) is 4. The van der Waals surface area contributed by atoms with E-state index in [1.807, 2.05) is 24.0 Å². The molecule has 4 nitrogen and oxygen atoms in total. The van der Waals surface area contributed by atoms with Crippen molar-refractivity contribution in [3.05, 3.63) is 21.9 Å². The molecule has 1 N–H and O–H groups in total. The number of aliphatic hydroxyl groups excluding tert-OH is 1. The number of nitrogens with zero attached hydrogens (tertiary/aromatic N) is 1. The van der Waals surface area contributed by atoms with E-state index >= 15 is 0 Å². The van der Waals surface area contributed by atoms with Crippen LogP contribution in [-0.2, 0) is 4.74 Å². The van der Waals surface area contributed by atoms with Crippen molar-refractivity contribution in [2.75, 3.05) is 33.4 Å². The monoisotopic (exact) mass is 297 g/mol. The first kappa shape index (κ1) is 15.5. The van der Waals surface area contributed by atoms with Crippen molar-refractivity contribution in [3.63, 3.8) is 0 Å². The van der Waals surface area contributed by atoms with Gasteiger partial charge in [-0.2, -0.15) is 0 Å². The number of methoxy groups -OCH3 is 1. The van der Waals surface area contributed by atoms with Crippen molar-refractivity contribution in [2.24, 2.45) is 5.41 Å². The van der Waals surface area contributed by atoms with Crippen LogP contribution in [0.25, 0.3) is 0 Å². The van der Waals surface area contributed by atoms with Gasteiger partial charge in [0, 0.05) is 37.1 Å². The van der Waals surface area contributed by atoms with Crippen molar-refractivity contribution >= 4 is 17.2 Å². The Morgan fingerprint density at radius 1 is 1.55 bits per heavy atom. The number of hydrogen-bond donors (Lipinski definition) is 1. The molecular weight excluding hydrogens is 274 g/mol. The molecule has 2 rings (SSSR count). The molecule has 0 spiro atoms.